The summed E-state index contributed by atoms with van der Waals surface area (Å²) in [6, 6.07) is 12.7. The molecule has 2 heterocycles. The van der Waals surface area contributed by atoms with E-state index in [1.165, 1.54) is 0 Å². The highest BCUT2D eigenvalue weighted by atomic mass is 32.1. The number of rotatable bonds is 5. The van der Waals surface area contributed by atoms with Crippen LogP contribution >= 0.6 is 11.3 Å². The van der Waals surface area contributed by atoms with Crippen LogP contribution in [-0.2, 0) is 12.8 Å². The van der Waals surface area contributed by atoms with Crippen LogP contribution in [0.4, 0.5) is 19.0 Å². The summed E-state index contributed by atoms with van der Waals surface area (Å²) in [5, 5.41) is 4.05. The van der Waals surface area contributed by atoms with Gasteiger partial charge >= 0.3 is 6.18 Å². The van der Waals surface area contributed by atoms with Gasteiger partial charge in [-0.2, -0.15) is 13.2 Å². The molecule has 26 heavy (non-hydrogen) atoms. The zero-order valence-electron chi connectivity index (χ0n) is 13.3. The molecule has 1 aromatic carbocycles. The van der Waals surface area contributed by atoms with E-state index in [1.54, 1.807) is 11.4 Å². The Balaban J connectivity index is 1.70. The van der Waals surface area contributed by atoms with Crippen LogP contribution < -0.4 is 10.1 Å². The van der Waals surface area contributed by atoms with Gasteiger partial charge in [-0.05, 0) is 29.1 Å². The molecule has 3 aromatic rings. The second kappa shape index (κ2) is 7.57. The van der Waals surface area contributed by atoms with Crippen LogP contribution in [0.2, 0.25) is 0 Å². The Bertz CT molecular complexity index is 895. The standard InChI is InChI=1S/C18H13F3N2O2S/c19-18(20,21)13-6-8-22-15(10-13)23-17(24)16-14(7-9-26-16)25-11-12-4-2-1-3-5-12/h1-10H,11H2,(H,22,23,24). The third kappa shape index (κ3) is 4.40. The van der Waals surface area contributed by atoms with E-state index in [1.807, 2.05) is 30.3 Å². The highest BCUT2D eigenvalue weighted by molar-refractivity contribution is 7.12. The number of anilines is 1. The molecule has 0 saturated heterocycles. The van der Waals surface area contributed by atoms with Crippen LogP contribution in [0.25, 0.3) is 0 Å². The number of nitrogens with zero attached hydrogens (tertiary/aromatic N) is 1. The number of pyridine rings is 1. The van der Waals surface area contributed by atoms with E-state index in [9.17, 15) is 18.0 Å². The van der Waals surface area contributed by atoms with Crippen molar-refractivity contribution in [3.05, 3.63) is 76.1 Å². The van der Waals surface area contributed by atoms with Gasteiger partial charge in [-0.25, -0.2) is 4.98 Å². The summed E-state index contributed by atoms with van der Waals surface area (Å²) in [7, 11) is 0. The second-order valence-electron chi connectivity index (χ2n) is 5.27. The molecule has 0 spiro atoms. The predicted octanol–water partition coefficient (Wildman–Crippen LogP) is 4.99. The molecule has 134 valence electrons. The molecule has 1 N–H and O–H groups in total. The molecular formula is C18H13F3N2O2S. The van der Waals surface area contributed by atoms with Crippen molar-refractivity contribution in [1.29, 1.82) is 0 Å². The molecule has 2 aromatic heterocycles. The number of carbonyl (C=O) groups excluding carboxylic acids is 1. The monoisotopic (exact) mass is 378 g/mol. The summed E-state index contributed by atoms with van der Waals surface area (Å²) in [6.45, 7) is 0.277. The molecular weight excluding hydrogens is 365 g/mol. The minimum atomic E-state index is -4.50. The van der Waals surface area contributed by atoms with Gasteiger partial charge < -0.3 is 10.1 Å². The van der Waals surface area contributed by atoms with Crippen LogP contribution in [0.15, 0.2) is 60.1 Å². The fourth-order valence-electron chi connectivity index (χ4n) is 2.16. The van der Waals surface area contributed by atoms with Crippen LogP contribution in [0.5, 0.6) is 5.75 Å². The average molecular weight is 378 g/mol. The lowest BCUT2D eigenvalue weighted by Gasteiger charge is -2.10. The number of carbonyl (C=O) groups is 1. The zero-order chi connectivity index (χ0) is 18.6. The number of aromatic nitrogens is 1. The summed E-state index contributed by atoms with van der Waals surface area (Å²) in [6.07, 6.45) is -3.50. The SMILES string of the molecule is O=C(Nc1cc(C(F)(F)F)ccn1)c1sccc1OCc1ccccc1. The molecule has 0 saturated carbocycles. The first-order chi connectivity index (χ1) is 12.4. The van der Waals surface area contributed by atoms with E-state index in [-0.39, 0.29) is 17.3 Å². The number of alkyl halides is 3. The lowest BCUT2D eigenvalue weighted by Crippen LogP contribution is -2.14. The Hall–Kier alpha value is -2.87. The van der Waals surface area contributed by atoms with Crippen molar-refractivity contribution < 1.29 is 22.7 Å². The maximum Gasteiger partial charge on any atom is 0.416 e. The van der Waals surface area contributed by atoms with Crippen LogP contribution in [-0.4, -0.2) is 10.9 Å². The summed E-state index contributed by atoms with van der Waals surface area (Å²) in [4.78, 5) is 16.4. The maximum absolute atomic E-state index is 12.7. The molecule has 0 radical (unpaired) electrons. The van der Waals surface area contributed by atoms with Gasteiger partial charge in [-0.15, -0.1) is 11.3 Å². The van der Waals surface area contributed by atoms with Crippen molar-refractivity contribution in [2.45, 2.75) is 12.8 Å². The largest absolute Gasteiger partial charge is 0.487 e. The number of ether oxygens (including phenoxy) is 1. The van der Waals surface area contributed by atoms with E-state index in [2.05, 4.69) is 10.3 Å². The summed E-state index contributed by atoms with van der Waals surface area (Å²) < 4.78 is 43.9. The predicted molar refractivity (Wildman–Crippen MR) is 92.3 cm³/mol. The molecule has 0 fully saturated rings. The van der Waals surface area contributed by atoms with Crippen LogP contribution in [0, 0.1) is 0 Å². The maximum atomic E-state index is 12.7. The van der Waals surface area contributed by atoms with Crippen molar-refractivity contribution >= 4 is 23.1 Å². The summed E-state index contributed by atoms with van der Waals surface area (Å²) >= 11 is 1.13. The normalized spacial score (nSPS) is 11.2. The van der Waals surface area contributed by atoms with Gasteiger partial charge in [0.15, 0.2) is 0 Å². The number of hydrogen-bond donors (Lipinski definition) is 1. The quantitative estimate of drug-likeness (QED) is 0.680. The lowest BCUT2D eigenvalue weighted by atomic mass is 10.2. The van der Waals surface area contributed by atoms with E-state index >= 15 is 0 Å². The smallest absolute Gasteiger partial charge is 0.416 e. The molecule has 0 bridgehead atoms. The molecule has 0 aliphatic carbocycles. The average Bonchev–Trinajstić information content (AvgIpc) is 3.09. The number of nitrogens with one attached hydrogen (secondary N) is 1. The van der Waals surface area contributed by atoms with E-state index in [0.29, 0.717) is 5.75 Å². The highest BCUT2D eigenvalue weighted by Gasteiger charge is 2.31. The highest BCUT2D eigenvalue weighted by Crippen LogP contribution is 2.31. The number of amides is 1. The van der Waals surface area contributed by atoms with Crippen LogP contribution in [0.1, 0.15) is 20.8 Å². The molecule has 8 heteroatoms. The summed E-state index contributed by atoms with van der Waals surface area (Å²) in [5.41, 5.74) is 0.0548. The first kappa shape index (κ1) is 17.9. The molecule has 0 unspecified atom stereocenters. The van der Waals surface area contributed by atoms with Gasteiger partial charge in [-0.3, -0.25) is 4.79 Å². The Kier molecular flexibility index (Phi) is 5.22. The van der Waals surface area contributed by atoms with Crippen molar-refractivity contribution in [3.8, 4) is 5.75 Å². The van der Waals surface area contributed by atoms with Gasteiger partial charge in [-0.1, -0.05) is 30.3 Å². The van der Waals surface area contributed by atoms with Gasteiger partial charge in [0, 0.05) is 6.20 Å². The van der Waals surface area contributed by atoms with Gasteiger partial charge in [0.2, 0.25) is 0 Å². The molecule has 1 amide bonds. The number of halogens is 3. The zero-order valence-corrected chi connectivity index (χ0v) is 14.1. The Labute approximate surface area is 151 Å². The van der Waals surface area contributed by atoms with Crippen LogP contribution in [0.3, 0.4) is 0 Å². The lowest BCUT2D eigenvalue weighted by molar-refractivity contribution is -0.137. The molecule has 0 atom stereocenters. The fraction of sp³-hybridized carbons (Fsp3) is 0.111. The number of benzene rings is 1. The third-order valence-corrected chi connectivity index (χ3v) is 4.30. The van der Waals surface area contributed by atoms with Crippen molar-refractivity contribution in [2.75, 3.05) is 5.32 Å². The van der Waals surface area contributed by atoms with Crippen molar-refractivity contribution in [2.24, 2.45) is 0 Å². The second-order valence-corrected chi connectivity index (χ2v) is 6.19. The fourth-order valence-corrected chi connectivity index (χ4v) is 2.89. The Morgan fingerprint density at radius 1 is 1.15 bits per heavy atom. The number of hydrogen-bond acceptors (Lipinski definition) is 4. The molecule has 0 aliphatic rings. The molecule has 0 aliphatic heterocycles. The van der Waals surface area contributed by atoms with Gasteiger partial charge in [0.05, 0.1) is 5.56 Å². The van der Waals surface area contributed by atoms with E-state index in [0.717, 1.165) is 35.2 Å². The van der Waals surface area contributed by atoms with Crippen molar-refractivity contribution in [1.82, 2.24) is 4.98 Å². The van der Waals surface area contributed by atoms with E-state index in [4.69, 9.17) is 4.74 Å². The molecule has 4 nitrogen and oxygen atoms in total. The topological polar surface area (TPSA) is 51.2 Å². The van der Waals surface area contributed by atoms with E-state index < -0.39 is 17.6 Å². The van der Waals surface area contributed by atoms with Gasteiger partial charge in [0.25, 0.3) is 5.91 Å². The molecule has 3 rings (SSSR count). The first-order valence-corrected chi connectivity index (χ1v) is 8.40. The van der Waals surface area contributed by atoms with Crippen molar-refractivity contribution in [3.63, 3.8) is 0 Å². The van der Waals surface area contributed by atoms with Gasteiger partial charge in [0.1, 0.15) is 23.1 Å². The Morgan fingerprint density at radius 2 is 1.92 bits per heavy atom. The first-order valence-electron chi connectivity index (χ1n) is 7.52. The minimum Gasteiger partial charge on any atom is -0.487 e. The number of thiophene rings is 1. The summed E-state index contributed by atoms with van der Waals surface area (Å²) in [5.74, 6) is -0.384. The minimum absolute atomic E-state index is 0.174. The Morgan fingerprint density at radius 3 is 2.65 bits per heavy atom. The third-order valence-electron chi connectivity index (χ3n) is 3.40.